The highest BCUT2D eigenvalue weighted by Crippen LogP contribution is 2.34. The summed E-state index contributed by atoms with van der Waals surface area (Å²) in [6.45, 7) is 0. The quantitative estimate of drug-likeness (QED) is 0.232. The Kier molecular flexibility index (Phi) is 6.07. The van der Waals surface area contributed by atoms with Crippen LogP contribution in [0, 0.1) is 0 Å². The molecule has 3 aromatic heterocycles. The van der Waals surface area contributed by atoms with Gasteiger partial charge < -0.3 is 0 Å². The Balaban J connectivity index is 1.37. The molecule has 40 heavy (non-hydrogen) atoms. The fourth-order valence-electron chi connectivity index (χ4n) is 4.91. The maximum Gasteiger partial charge on any atom is 0.164 e. The van der Waals surface area contributed by atoms with E-state index in [1.165, 1.54) is 0 Å². The van der Waals surface area contributed by atoms with Gasteiger partial charge in [-0.2, -0.15) is 0 Å². The first-order chi connectivity index (χ1) is 19.8. The first-order valence-corrected chi connectivity index (χ1v) is 13.1. The molecular weight excluding hydrogens is 490 g/mol. The van der Waals surface area contributed by atoms with Crippen LogP contribution in [-0.4, -0.2) is 24.9 Å². The molecule has 0 atom stereocenters. The number of hydrogen-bond donors (Lipinski definition) is 0. The molecule has 0 saturated carbocycles. The molecule has 7 aromatic rings. The average molecular weight is 514 g/mol. The molecule has 0 aliphatic heterocycles. The Morgan fingerprint density at radius 3 is 1.55 bits per heavy atom. The summed E-state index contributed by atoms with van der Waals surface area (Å²) in [6.07, 6.45) is 5.53. The maximum absolute atomic E-state index is 4.95. The van der Waals surface area contributed by atoms with Crippen LogP contribution in [0.5, 0.6) is 0 Å². The molecule has 0 radical (unpaired) electrons. The van der Waals surface area contributed by atoms with Gasteiger partial charge in [-0.25, -0.2) is 15.0 Å². The van der Waals surface area contributed by atoms with Gasteiger partial charge in [0.2, 0.25) is 0 Å². The third kappa shape index (κ3) is 4.50. The molecule has 0 unspecified atom stereocenters. The number of pyridine rings is 2. The highest BCUT2D eigenvalue weighted by atomic mass is 15.0. The van der Waals surface area contributed by atoms with Crippen molar-refractivity contribution in [3.63, 3.8) is 0 Å². The van der Waals surface area contributed by atoms with Crippen LogP contribution in [-0.2, 0) is 0 Å². The average Bonchev–Trinajstić information content (AvgIpc) is 3.05. The molecule has 0 aliphatic rings. The van der Waals surface area contributed by atoms with Gasteiger partial charge >= 0.3 is 0 Å². The summed E-state index contributed by atoms with van der Waals surface area (Å²) in [4.78, 5) is 23.8. The Bertz CT molecular complexity index is 1860. The van der Waals surface area contributed by atoms with Crippen molar-refractivity contribution in [1.29, 1.82) is 0 Å². The first-order valence-electron chi connectivity index (χ1n) is 13.1. The molecule has 0 N–H and O–H groups in total. The normalized spacial score (nSPS) is 11.0. The van der Waals surface area contributed by atoms with Gasteiger partial charge in [0.1, 0.15) is 0 Å². The van der Waals surface area contributed by atoms with E-state index < -0.39 is 0 Å². The zero-order valence-corrected chi connectivity index (χ0v) is 21.5. The smallest absolute Gasteiger partial charge is 0.164 e. The fraction of sp³-hybridized carbons (Fsp3) is 0. The largest absolute Gasteiger partial charge is 0.264 e. The van der Waals surface area contributed by atoms with Crippen LogP contribution < -0.4 is 0 Å². The van der Waals surface area contributed by atoms with Crippen LogP contribution in [0.15, 0.2) is 140 Å². The third-order valence-electron chi connectivity index (χ3n) is 6.90. The molecule has 0 fully saturated rings. The van der Waals surface area contributed by atoms with Gasteiger partial charge in [-0.1, -0.05) is 109 Å². The molecule has 0 amide bonds. The highest BCUT2D eigenvalue weighted by molar-refractivity contribution is 6.03. The summed E-state index contributed by atoms with van der Waals surface area (Å²) in [5.74, 6) is 1.92. The van der Waals surface area contributed by atoms with Crippen LogP contribution in [0.25, 0.3) is 67.3 Å². The van der Waals surface area contributed by atoms with Crippen molar-refractivity contribution < 1.29 is 0 Å². The van der Waals surface area contributed by atoms with Crippen molar-refractivity contribution in [1.82, 2.24) is 24.9 Å². The van der Waals surface area contributed by atoms with Crippen molar-refractivity contribution >= 4 is 10.8 Å². The zero-order chi connectivity index (χ0) is 26.7. The number of hydrogen-bond acceptors (Lipinski definition) is 5. The van der Waals surface area contributed by atoms with Crippen molar-refractivity contribution in [2.75, 3.05) is 0 Å². The molecule has 3 heterocycles. The van der Waals surface area contributed by atoms with Crippen LogP contribution in [0.3, 0.4) is 0 Å². The van der Waals surface area contributed by atoms with Crippen LogP contribution in [0.1, 0.15) is 0 Å². The maximum atomic E-state index is 4.95. The van der Waals surface area contributed by atoms with E-state index in [0.717, 1.165) is 49.8 Å². The summed E-state index contributed by atoms with van der Waals surface area (Å²) < 4.78 is 0. The Morgan fingerprint density at radius 2 is 0.950 bits per heavy atom. The monoisotopic (exact) mass is 513 g/mol. The zero-order valence-electron chi connectivity index (χ0n) is 21.5. The molecular formula is C35H23N5. The number of fused-ring (bicyclic) bond motifs is 1. The third-order valence-corrected chi connectivity index (χ3v) is 6.90. The van der Waals surface area contributed by atoms with E-state index in [-0.39, 0.29) is 0 Å². The van der Waals surface area contributed by atoms with E-state index in [4.69, 9.17) is 19.9 Å². The summed E-state index contributed by atoms with van der Waals surface area (Å²) in [6, 6.07) is 40.7. The minimum Gasteiger partial charge on any atom is -0.264 e. The SMILES string of the molecule is c1ccc(-c2nc(-c3ccccc3)nc(-c3cccc4c(-c5ccc(-c6cccnc6)cn5)cccc34)n2)cc1. The molecule has 0 bridgehead atoms. The number of aromatic nitrogens is 5. The molecule has 0 aliphatic carbocycles. The van der Waals surface area contributed by atoms with Crippen LogP contribution in [0.2, 0.25) is 0 Å². The predicted octanol–water partition coefficient (Wildman–Crippen LogP) is 8.15. The standard InChI is InChI=1S/C35H23N5/c1-3-10-24(11-4-1)33-38-34(25-12-5-2-6-13-25)40-35(39-33)31-18-8-15-28-29(31)16-7-17-30(28)32-20-19-27(23-37-32)26-14-9-21-36-22-26/h1-23H. The van der Waals surface area contributed by atoms with Crippen molar-refractivity contribution in [2.24, 2.45) is 0 Å². The van der Waals surface area contributed by atoms with Gasteiger partial charge in [-0.15, -0.1) is 0 Å². The lowest BCUT2D eigenvalue weighted by Crippen LogP contribution is -2.00. The highest BCUT2D eigenvalue weighted by Gasteiger charge is 2.15. The Hall–Kier alpha value is -5.55. The minimum atomic E-state index is 0.635. The summed E-state index contributed by atoms with van der Waals surface area (Å²) in [5.41, 5.74) is 6.87. The van der Waals surface area contributed by atoms with Gasteiger partial charge in [0.15, 0.2) is 17.5 Å². The van der Waals surface area contributed by atoms with E-state index in [1.54, 1.807) is 6.20 Å². The second-order valence-electron chi connectivity index (χ2n) is 9.42. The lowest BCUT2D eigenvalue weighted by Gasteiger charge is -2.12. The predicted molar refractivity (Wildman–Crippen MR) is 160 cm³/mol. The number of nitrogens with zero attached hydrogens (tertiary/aromatic N) is 5. The van der Waals surface area contributed by atoms with Gasteiger partial charge in [0.25, 0.3) is 0 Å². The molecule has 4 aromatic carbocycles. The molecule has 0 spiro atoms. The number of benzene rings is 4. The van der Waals surface area contributed by atoms with E-state index in [9.17, 15) is 0 Å². The van der Waals surface area contributed by atoms with E-state index in [1.807, 2.05) is 85.2 Å². The number of rotatable bonds is 5. The second-order valence-corrected chi connectivity index (χ2v) is 9.42. The molecule has 0 saturated heterocycles. The minimum absolute atomic E-state index is 0.635. The van der Waals surface area contributed by atoms with Crippen molar-refractivity contribution in [3.05, 3.63) is 140 Å². The van der Waals surface area contributed by atoms with E-state index in [2.05, 4.69) is 53.5 Å². The topological polar surface area (TPSA) is 64.5 Å². The summed E-state index contributed by atoms with van der Waals surface area (Å²) >= 11 is 0. The Labute approximate surface area is 231 Å². The van der Waals surface area contributed by atoms with Gasteiger partial charge in [-0.3, -0.25) is 9.97 Å². The summed E-state index contributed by atoms with van der Waals surface area (Å²) in [5, 5.41) is 2.15. The van der Waals surface area contributed by atoms with Gasteiger partial charge in [0, 0.05) is 52.0 Å². The van der Waals surface area contributed by atoms with Crippen LogP contribution in [0.4, 0.5) is 0 Å². The first kappa shape index (κ1) is 23.6. The van der Waals surface area contributed by atoms with Crippen LogP contribution >= 0.6 is 0 Å². The van der Waals surface area contributed by atoms with Gasteiger partial charge in [-0.05, 0) is 22.9 Å². The van der Waals surface area contributed by atoms with E-state index >= 15 is 0 Å². The Morgan fingerprint density at radius 1 is 0.375 bits per heavy atom. The van der Waals surface area contributed by atoms with Crippen molar-refractivity contribution in [2.45, 2.75) is 0 Å². The molecule has 5 heteroatoms. The lowest BCUT2D eigenvalue weighted by atomic mass is 9.97. The molecule has 188 valence electrons. The summed E-state index contributed by atoms with van der Waals surface area (Å²) in [7, 11) is 0. The van der Waals surface area contributed by atoms with Crippen molar-refractivity contribution in [3.8, 4) is 56.5 Å². The fourth-order valence-corrected chi connectivity index (χ4v) is 4.91. The lowest BCUT2D eigenvalue weighted by molar-refractivity contribution is 1.08. The molecule has 5 nitrogen and oxygen atoms in total. The van der Waals surface area contributed by atoms with E-state index in [0.29, 0.717) is 17.5 Å². The second kappa shape index (κ2) is 10.3. The molecule has 7 rings (SSSR count). The van der Waals surface area contributed by atoms with Gasteiger partial charge in [0.05, 0.1) is 5.69 Å².